The average Bonchev–Trinajstić information content (AvgIpc) is 2.53. The van der Waals surface area contributed by atoms with Gasteiger partial charge in [0.15, 0.2) is 0 Å². The fraction of sp³-hybridized carbons (Fsp3) is 1.00. The molecule has 8 nitrogen and oxygen atoms in total. The van der Waals surface area contributed by atoms with Gasteiger partial charge in [0.1, 0.15) is 0 Å². The predicted octanol–water partition coefficient (Wildman–Crippen LogP) is 1.81. The van der Waals surface area contributed by atoms with Crippen LogP contribution in [0.25, 0.3) is 0 Å². The summed E-state index contributed by atoms with van der Waals surface area (Å²) in [6, 6.07) is 0. The highest BCUT2D eigenvalue weighted by Gasteiger charge is 2.37. The topological polar surface area (TPSA) is 161 Å². The summed E-state index contributed by atoms with van der Waals surface area (Å²) >= 11 is 0. The molecule has 10 heteroatoms. The van der Waals surface area contributed by atoms with Gasteiger partial charge in [-0.25, -0.2) is 0 Å². The van der Waals surface area contributed by atoms with Gasteiger partial charge < -0.3 is 11.5 Å². The molecular weight excluding hydrogens is 392 g/mol. The fourth-order valence-corrected chi connectivity index (χ4v) is 6.96. The fourth-order valence-electron chi connectivity index (χ4n) is 4.63. The van der Waals surface area contributed by atoms with Gasteiger partial charge in [-0.3, -0.25) is 9.11 Å². The van der Waals surface area contributed by atoms with Crippen molar-refractivity contribution in [3.63, 3.8) is 0 Å². The third-order valence-corrected chi connectivity index (χ3v) is 7.90. The Bertz CT molecular complexity index is 659. The summed E-state index contributed by atoms with van der Waals surface area (Å²) in [6.45, 7) is 2.80. The van der Waals surface area contributed by atoms with Gasteiger partial charge in [0.25, 0.3) is 20.2 Å². The molecule has 0 spiro atoms. The molecule has 6 N–H and O–H groups in total. The predicted molar refractivity (Wildman–Crippen MR) is 107 cm³/mol. The molecule has 2 saturated carbocycles. The molecule has 0 amide bonds. The number of hydrogen-bond acceptors (Lipinski definition) is 6. The first-order valence-corrected chi connectivity index (χ1v) is 12.9. The maximum Gasteiger partial charge on any atom is 0.265 e. The molecule has 0 aromatic heterocycles. The Balaban J connectivity index is 0.000000271. The van der Waals surface area contributed by atoms with E-state index in [0.717, 1.165) is 57.8 Å². The lowest BCUT2D eigenvalue weighted by Gasteiger charge is -2.38. The highest BCUT2D eigenvalue weighted by atomic mass is 32.2. The van der Waals surface area contributed by atoms with Gasteiger partial charge in [-0.2, -0.15) is 16.8 Å². The molecule has 0 aliphatic heterocycles. The standard InChI is InChI=1S/C9H19NO3S.C8H17NO3S/c1-8-3-2-4-9(5-8,6-10)7-14(11,12)13;9-6-8(7-13(10,11)12)4-2-1-3-5-8/h8H,2-7,10H2,1H3,(H,11,12,13);1-7,9H2,(H,10,11,12)/t8-,9-;/m1./s1. The Morgan fingerprint density at radius 2 is 1.26 bits per heavy atom. The lowest BCUT2D eigenvalue weighted by molar-refractivity contribution is 0.177. The molecular formula is C17H36N2O6S2. The number of hydrogen-bond donors (Lipinski definition) is 4. The minimum absolute atomic E-state index is 0.170. The lowest BCUT2D eigenvalue weighted by atomic mass is 9.71. The molecule has 2 aliphatic carbocycles. The minimum atomic E-state index is -3.90. The van der Waals surface area contributed by atoms with E-state index in [0.29, 0.717) is 19.0 Å². The van der Waals surface area contributed by atoms with Crippen LogP contribution in [0, 0.1) is 16.7 Å². The lowest BCUT2D eigenvalue weighted by Crippen LogP contribution is -2.41. The van der Waals surface area contributed by atoms with E-state index < -0.39 is 20.2 Å². The van der Waals surface area contributed by atoms with Crippen LogP contribution in [0.5, 0.6) is 0 Å². The summed E-state index contributed by atoms with van der Waals surface area (Å²) in [7, 11) is -7.77. The first-order valence-electron chi connectivity index (χ1n) is 9.65. The van der Waals surface area contributed by atoms with Crippen molar-refractivity contribution in [1.82, 2.24) is 0 Å². The van der Waals surface area contributed by atoms with Crippen molar-refractivity contribution in [2.75, 3.05) is 24.6 Å². The Labute approximate surface area is 164 Å². The molecule has 27 heavy (non-hydrogen) atoms. The molecule has 162 valence electrons. The van der Waals surface area contributed by atoms with Crippen molar-refractivity contribution in [3.8, 4) is 0 Å². The molecule has 2 aliphatic rings. The summed E-state index contributed by atoms with van der Waals surface area (Å²) in [5, 5.41) is 0. The van der Waals surface area contributed by atoms with Crippen LogP contribution in [0.4, 0.5) is 0 Å². The smallest absolute Gasteiger partial charge is 0.265 e. The van der Waals surface area contributed by atoms with Crippen molar-refractivity contribution < 1.29 is 25.9 Å². The summed E-state index contributed by atoms with van der Waals surface area (Å²) in [5.74, 6) is 0.159. The molecule has 2 atom stereocenters. The second-order valence-corrected chi connectivity index (χ2v) is 11.5. The summed E-state index contributed by atoms with van der Waals surface area (Å²) in [6.07, 6.45) is 8.59. The van der Waals surface area contributed by atoms with Gasteiger partial charge in [-0.1, -0.05) is 39.0 Å². The molecule has 0 unspecified atom stereocenters. The highest BCUT2D eigenvalue weighted by molar-refractivity contribution is 7.86. The van der Waals surface area contributed by atoms with Crippen LogP contribution >= 0.6 is 0 Å². The van der Waals surface area contributed by atoms with Crippen molar-refractivity contribution >= 4 is 20.2 Å². The average molecular weight is 429 g/mol. The zero-order valence-electron chi connectivity index (χ0n) is 16.3. The van der Waals surface area contributed by atoms with Crippen molar-refractivity contribution in [1.29, 1.82) is 0 Å². The van der Waals surface area contributed by atoms with Crippen LogP contribution in [0.1, 0.15) is 64.7 Å². The SMILES string of the molecule is C[C@@H]1CCC[C@@](CN)(CS(=O)(=O)O)C1.NCC1(CS(=O)(=O)O)CCCCC1. The van der Waals surface area contributed by atoms with Gasteiger partial charge in [0.2, 0.25) is 0 Å². The number of rotatable bonds is 6. The van der Waals surface area contributed by atoms with Crippen molar-refractivity contribution in [2.45, 2.75) is 64.7 Å². The monoisotopic (exact) mass is 428 g/mol. The third kappa shape index (κ3) is 9.19. The Morgan fingerprint density at radius 1 is 0.815 bits per heavy atom. The Morgan fingerprint density at radius 3 is 1.67 bits per heavy atom. The van der Waals surface area contributed by atoms with Gasteiger partial charge in [-0.15, -0.1) is 0 Å². The van der Waals surface area contributed by atoms with E-state index in [9.17, 15) is 16.8 Å². The summed E-state index contributed by atoms with van der Waals surface area (Å²) < 4.78 is 60.9. The zero-order chi connectivity index (χ0) is 20.8. The molecule has 0 aromatic carbocycles. The van der Waals surface area contributed by atoms with E-state index in [1.807, 2.05) is 0 Å². The summed E-state index contributed by atoms with van der Waals surface area (Å²) in [4.78, 5) is 0. The van der Waals surface area contributed by atoms with E-state index in [-0.39, 0.29) is 22.3 Å². The van der Waals surface area contributed by atoms with Crippen LogP contribution < -0.4 is 11.5 Å². The first-order chi connectivity index (χ1) is 12.3. The molecule has 0 saturated heterocycles. The molecule has 2 rings (SSSR count). The maximum absolute atomic E-state index is 10.9. The second kappa shape index (κ2) is 9.98. The molecule has 0 aromatic rings. The van der Waals surface area contributed by atoms with Gasteiger partial charge in [0, 0.05) is 0 Å². The van der Waals surface area contributed by atoms with E-state index in [4.69, 9.17) is 20.6 Å². The zero-order valence-corrected chi connectivity index (χ0v) is 17.9. The molecule has 2 fully saturated rings. The minimum Gasteiger partial charge on any atom is -0.330 e. The maximum atomic E-state index is 10.9. The van der Waals surface area contributed by atoms with Crippen molar-refractivity contribution in [2.24, 2.45) is 28.2 Å². The number of nitrogens with two attached hydrogens (primary N) is 2. The second-order valence-electron chi connectivity index (χ2n) is 8.62. The van der Waals surface area contributed by atoms with Crippen molar-refractivity contribution in [3.05, 3.63) is 0 Å². The van der Waals surface area contributed by atoms with Gasteiger partial charge >= 0.3 is 0 Å². The van der Waals surface area contributed by atoms with Crippen LogP contribution in [-0.4, -0.2) is 50.5 Å². The van der Waals surface area contributed by atoms with E-state index >= 15 is 0 Å². The van der Waals surface area contributed by atoms with E-state index in [2.05, 4.69) is 6.92 Å². The van der Waals surface area contributed by atoms with Gasteiger partial charge in [-0.05, 0) is 55.5 Å². The van der Waals surface area contributed by atoms with Crippen LogP contribution in [0.2, 0.25) is 0 Å². The summed E-state index contributed by atoms with van der Waals surface area (Å²) in [5.41, 5.74) is 10.5. The largest absolute Gasteiger partial charge is 0.330 e. The highest BCUT2D eigenvalue weighted by Crippen LogP contribution is 2.39. The Hall–Kier alpha value is -0.260. The Kier molecular flexibility index (Phi) is 9.15. The van der Waals surface area contributed by atoms with E-state index in [1.165, 1.54) is 0 Å². The van der Waals surface area contributed by atoms with Crippen LogP contribution in [0.15, 0.2) is 0 Å². The van der Waals surface area contributed by atoms with Gasteiger partial charge in [0.05, 0.1) is 11.5 Å². The first kappa shape index (κ1) is 24.8. The molecule has 0 radical (unpaired) electrons. The molecule has 0 bridgehead atoms. The van der Waals surface area contributed by atoms with Crippen LogP contribution in [-0.2, 0) is 20.2 Å². The normalized spacial score (nSPS) is 28.9. The third-order valence-electron chi connectivity index (χ3n) is 5.94. The molecule has 0 heterocycles. The quantitative estimate of drug-likeness (QED) is 0.466. The van der Waals surface area contributed by atoms with Crippen LogP contribution in [0.3, 0.4) is 0 Å². The van der Waals surface area contributed by atoms with E-state index in [1.54, 1.807) is 0 Å².